The van der Waals surface area contributed by atoms with E-state index < -0.39 is 12.0 Å². The first kappa shape index (κ1) is 14.9. The molecular weight excluding hydrogens is 296 g/mol. The van der Waals surface area contributed by atoms with Crippen molar-refractivity contribution >= 4 is 28.5 Å². The third-order valence-electron chi connectivity index (χ3n) is 2.56. The lowest BCUT2D eigenvalue weighted by molar-refractivity contribution is -0.137. The number of nitrogens with zero attached hydrogens (tertiary/aromatic N) is 4. The van der Waals surface area contributed by atoms with Gasteiger partial charge in [0.2, 0.25) is 0 Å². The van der Waals surface area contributed by atoms with Gasteiger partial charge in [-0.05, 0) is 13.8 Å². The molecule has 0 bridgehead atoms. The highest BCUT2D eigenvalue weighted by atomic mass is 32.1. The number of anilines is 1. The van der Waals surface area contributed by atoms with E-state index in [1.165, 1.54) is 22.2 Å². The standard InChI is InChI=1S/C11H14N6O3S/c1-6-7(2)21-11(13-6)14-10(20)12-3-8-4-17(16-15-8)5-9(18)19/h4H,3,5H2,1-2H3,(H,18,19)(H2,12,13,14,20). The van der Waals surface area contributed by atoms with E-state index in [9.17, 15) is 9.59 Å². The summed E-state index contributed by atoms with van der Waals surface area (Å²) in [5.74, 6) is -1.01. The van der Waals surface area contributed by atoms with Crippen LogP contribution in [0.5, 0.6) is 0 Å². The molecule has 2 aromatic heterocycles. The monoisotopic (exact) mass is 310 g/mol. The Labute approximate surface area is 124 Å². The SMILES string of the molecule is Cc1nc(NC(=O)NCc2cn(CC(=O)O)nn2)sc1C. The molecule has 2 heterocycles. The van der Waals surface area contributed by atoms with Crippen molar-refractivity contribution < 1.29 is 14.7 Å². The molecule has 0 aliphatic heterocycles. The molecule has 10 heteroatoms. The summed E-state index contributed by atoms with van der Waals surface area (Å²) >= 11 is 1.39. The minimum Gasteiger partial charge on any atom is -0.480 e. The van der Waals surface area contributed by atoms with Crippen molar-refractivity contribution in [3.8, 4) is 0 Å². The van der Waals surface area contributed by atoms with Crippen molar-refractivity contribution in [2.75, 3.05) is 5.32 Å². The highest BCUT2D eigenvalue weighted by molar-refractivity contribution is 7.15. The number of carbonyl (C=O) groups excluding carboxylic acids is 1. The summed E-state index contributed by atoms with van der Waals surface area (Å²) in [6.07, 6.45) is 1.46. The van der Waals surface area contributed by atoms with Crippen molar-refractivity contribution in [1.82, 2.24) is 25.3 Å². The number of aliphatic carboxylic acids is 1. The number of thiazole rings is 1. The lowest BCUT2D eigenvalue weighted by Gasteiger charge is -2.02. The predicted molar refractivity (Wildman–Crippen MR) is 75.1 cm³/mol. The maximum Gasteiger partial charge on any atom is 0.325 e. The van der Waals surface area contributed by atoms with Crippen LogP contribution in [0, 0.1) is 13.8 Å². The Morgan fingerprint density at radius 2 is 2.19 bits per heavy atom. The number of rotatable bonds is 5. The van der Waals surface area contributed by atoms with Crippen LogP contribution in [0.25, 0.3) is 0 Å². The van der Waals surface area contributed by atoms with Crippen molar-refractivity contribution in [3.05, 3.63) is 22.5 Å². The minimum atomic E-state index is -1.01. The number of carbonyl (C=O) groups is 2. The molecular formula is C11H14N6O3S. The normalized spacial score (nSPS) is 10.4. The van der Waals surface area contributed by atoms with Gasteiger partial charge in [0.15, 0.2) is 5.13 Å². The molecule has 0 aliphatic carbocycles. The number of urea groups is 1. The predicted octanol–water partition coefficient (Wildman–Crippen LogP) is 0.758. The Balaban J connectivity index is 1.83. The molecule has 3 N–H and O–H groups in total. The van der Waals surface area contributed by atoms with Crippen LogP contribution in [0.2, 0.25) is 0 Å². The van der Waals surface area contributed by atoms with E-state index in [4.69, 9.17) is 5.11 Å². The zero-order valence-corrected chi connectivity index (χ0v) is 12.3. The van der Waals surface area contributed by atoms with Crippen molar-refractivity contribution in [2.24, 2.45) is 0 Å². The Bertz CT molecular complexity index is 645. The summed E-state index contributed by atoms with van der Waals surface area (Å²) < 4.78 is 1.19. The van der Waals surface area contributed by atoms with Gasteiger partial charge in [-0.3, -0.25) is 10.1 Å². The minimum absolute atomic E-state index is 0.148. The molecule has 21 heavy (non-hydrogen) atoms. The van der Waals surface area contributed by atoms with Crippen LogP contribution in [0.4, 0.5) is 9.93 Å². The first-order valence-corrected chi connectivity index (χ1v) is 6.85. The lowest BCUT2D eigenvalue weighted by atomic mass is 10.4. The van der Waals surface area contributed by atoms with Gasteiger partial charge in [0.05, 0.1) is 18.4 Å². The largest absolute Gasteiger partial charge is 0.480 e. The topological polar surface area (TPSA) is 122 Å². The number of nitrogens with one attached hydrogen (secondary N) is 2. The second-order valence-corrected chi connectivity index (χ2v) is 5.47. The first-order chi connectivity index (χ1) is 9.94. The van der Waals surface area contributed by atoms with Crippen LogP contribution in [-0.2, 0) is 17.9 Å². The molecule has 0 unspecified atom stereocenters. The molecule has 2 amide bonds. The van der Waals surface area contributed by atoms with Gasteiger partial charge in [-0.2, -0.15) is 0 Å². The zero-order valence-electron chi connectivity index (χ0n) is 11.5. The fraction of sp³-hybridized carbons (Fsp3) is 0.364. The fourth-order valence-electron chi connectivity index (χ4n) is 1.47. The summed E-state index contributed by atoms with van der Waals surface area (Å²) in [7, 11) is 0. The second kappa shape index (κ2) is 6.31. The maximum absolute atomic E-state index is 11.7. The number of aryl methyl sites for hydroxylation is 2. The number of aromatic nitrogens is 4. The van der Waals surface area contributed by atoms with Crippen molar-refractivity contribution in [2.45, 2.75) is 26.9 Å². The Morgan fingerprint density at radius 3 is 2.81 bits per heavy atom. The van der Waals surface area contributed by atoms with Gasteiger partial charge in [0, 0.05) is 4.88 Å². The van der Waals surface area contributed by atoms with Gasteiger partial charge in [-0.1, -0.05) is 5.21 Å². The number of hydrogen-bond donors (Lipinski definition) is 3. The highest BCUT2D eigenvalue weighted by Gasteiger charge is 2.09. The molecule has 0 aromatic carbocycles. The Morgan fingerprint density at radius 1 is 1.43 bits per heavy atom. The molecule has 0 saturated heterocycles. The fourth-order valence-corrected chi connectivity index (χ4v) is 2.28. The molecule has 0 fully saturated rings. The third kappa shape index (κ3) is 4.24. The summed E-state index contributed by atoms with van der Waals surface area (Å²) in [5.41, 5.74) is 1.35. The van der Waals surface area contributed by atoms with Crippen LogP contribution < -0.4 is 10.6 Å². The third-order valence-corrected chi connectivity index (χ3v) is 3.55. The summed E-state index contributed by atoms with van der Waals surface area (Å²) in [6.45, 7) is 3.68. The molecule has 2 aromatic rings. The lowest BCUT2D eigenvalue weighted by Crippen LogP contribution is -2.28. The molecule has 0 aliphatic rings. The van der Waals surface area contributed by atoms with E-state index in [0.29, 0.717) is 10.8 Å². The Hall–Kier alpha value is -2.49. The summed E-state index contributed by atoms with van der Waals surface area (Å²) in [5, 5.41) is 21.7. The van der Waals surface area contributed by atoms with Gasteiger partial charge in [0.25, 0.3) is 0 Å². The van der Waals surface area contributed by atoms with E-state index in [2.05, 4.69) is 25.9 Å². The van der Waals surface area contributed by atoms with E-state index in [-0.39, 0.29) is 13.1 Å². The van der Waals surface area contributed by atoms with Crippen molar-refractivity contribution in [1.29, 1.82) is 0 Å². The van der Waals surface area contributed by atoms with E-state index in [1.807, 2.05) is 13.8 Å². The van der Waals surface area contributed by atoms with Gasteiger partial charge in [0.1, 0.15) is 12.2 Å². The van der Waals surface area contributed by atoms with Gasteiger partial charge < -0.3 is 10.4 Å². The molecule has 0 radical (unpaired) electrons. The maximum atomic E-state index is 11.7. The van der Waals surface area contributed by atoms with Crippen LogP contribution in [-0.4, -0.2) is 37.1 Å². The smallest absolute Gasteiger partial charge is 0.325 e. The quantitative estimate of drug-likeness (QED) is 0.749. The summed E-state index contributed by atoms with van der Waals surface area (Å²) in [6, 6.07) is -0.406. The van der Waals surface area contributed by atoms with Crippen molar-refractivity contribution in [3.63, 3.8) is 0 Å². The highest BCUT2D eigenvalue weighted by Crippen LogP contribution is 2.20. The second-order valence-electron chi connectivity index (χ2n) is 4.27. The van der Waals surface area contributed by atoms with E-state index >= 15 is 0 Å². The van der Waals surface area contributed by atoms with Crippen LogP contribution in [0.3, 0.4) is 0 Å². The number of carboxylic acid groups (broad SMARTS) is 1. The number of amides is 2. The average Bonchev–Trinajstić information content (AvgIpc) is 2.94. The molecule has 9 nitrogen and oxygen atoms in total. The first-order valence-electron chi connectivity index (χ1n) is 6.03. The average molecular weight is 310 g/mol. The van der Waals surface area contributed by atoms with Crippen LogP contribution in [0.15, 0.2) is 6.20 Å². The zero-order chi connectivity index (χ0) is 15.4. The molecule has 2 rings (SSSR count). The number of hydrogen-bond acceptors (Lipinski definition) is 6. The number of carboxylic acids is 1. The molecule has 0 spiro atoms. The van der Waals surface area contributed by atoms with Gasteiger partial charge in [-0.15, -0.1) is 16.4 Å². The molecule has 0 atom stereocenters. The van der Waals surface area contributed by atoms with Gasteiger partial charge >= 0.3 is 12.0 Å². The molecule has 112 valence electrons. The summed E-state index contributed by atoms with van der Waals surface area (Å²) in [4.78, 5) is 27.4. The van der Waals surface area contributed by atoms with Gasteiger partial charge in [-0.25, -0.2) is 14.5 Å². The molecule has 0 saturated carbocycles. The van der Waals surface area contributed by atoms with Crippen LogP contribution in [0.1, 0.15) is 16.3 Å². The van der Waals surface area contributed by atoms with Crippen LogP contribution >= 0.6 is 11.3 Å². The van der Waals surface area contributed by atoms with E-state index in [1.54, 1.807) is 0 Å². The Kier molecular flexibility index (Phi) is 4.48. The van der Waals surface area contributed by atoms with E-state index in [0.717, 1.165) is 10.6 Å².